The third-order valence-electron chi connectivity index (χ3n) is 4.74. The highest BCUT2D eigenvalue weighted by Gasteiger charge is 2.29. The summed E-state index contributed by atoms with van der Waals surface area (Å²) in [5.41, 5.74) is 2.94. The summed E-state index contributed by atoms with van der Waals surface area (Å²) >= 11 is 0. The number of carbonyl (C=O) groups is 2. The van der Waals surface area contributed by atoms with Gasteiger partial charge in [-0.25, -0.2) is 8.78 Å². The van der Waals surface area contributed by atoms with Crippen LogP contribution in [-0.4, -0.2) is 29.8 Å². The SMILES string of the molecule is Cc1cc(C)cc(NC(=O)C2CCCN(C(=O)c3ccc(F)c(F)c3)C2)c1. The fourth-order valence-corrected chi connectivity index (χ4v) is 3.48. The molecule has 1 atom stereocenters. The number of anilines is 1. The molecule has 142 valence electrons. The first-order valence-corrected chi connectivity index (χ1v) is 8.97. The zero-order chi connectivity index (χ0) is 19.6. The highest BCUT2D eigenvalue weighted by atomic mass is 19.2. The number of carbonyl (C=O) groups excluding carboxylic acids is 2. The summed E-state index contributed by atoms with van der Waals surface area (Å²) in [5.74, 6) is -2.91. The first-order chi connectivity index (χ1) is 12.8. The molecule has 4 nitrogen and oxygen atoms in total. The monoisotopic (exact) mass is 372 g/mol. The molecule has 27 heavy (non-hydrogen) atoms. The minimum absolute atomic E-state index is 0.0873. The number of benzene rings is 2. The van der Waals surface area contributed by atoms with E-state index in [1.807, 2.05) is 32.0 Å². The lowest BCUT2D eigenvalue weighted by Gasteiger charge is -2.32. The van der Waals surface area contributed by atoms with E-state index in [2.05, 4.69) is 5.32 Å². The van der Waals surface area contributed by atoms with Gasteiger partial charge < -0.3 is 10.2 Å². The van der Waals surface area contributed by atoms with Gasteiger partial charge in [0.25, 0.3) is 5.91 Å². The largest absolute Gasteiger partial charge is 0.338 e. The molecule has 1 saturated heterocycles. The zero-order valence-electron chi connectivity index (χ0n) is 15.4. The molecule has 0 saturated carbocycles. The topological polar surface area (TPSA) is 49.4 Å². The van der Waals surface area contributed by atoms with Crippen LogP contribution in [-0.2, 0) is 4.79 Å². The number of nitrogens with zero attached hydrogens (tertiary/aromatic N) is 1. The van der Waals surface area contributed by atoms with Gasteiger partial charge in [0, 0.05) is 24.3 Å². The Morgan fingerprint density at radius 2 is 1.74 bits per heavy atom. The first-order valence-electron chi connectivity index (χ1n) is 8.97. The van der Waals surface area contributed by atoms with Gasteiger partial charge in [0.2, 0.25) is 5.91 Å². The van der Waals surface area contributed by atoms with E-state index >= 15 is 0 Å². The normalized spacial score (nSPS) is 16.9. The van der Waals surface area contributed by atoms with E-state index in [-0.39, 0.29) is 23.9 Å². The van der Waals surface area contributed by atoms with E-state index < -0.39 is 17.5 Å². The van der Waals surface area contributed by atoms with Crippen LogP contribution in [0, 0.1) is 31.4 Å². The van der Waals surface area contributed by atoms with Crippen LogP contribution in [0.15, 0.2) is 36.4 Å². The molecule has 2 amide bonds. The maximum Gasteiger partial charge on any atom is 0.253 e. The molecule has 3 rings (SSSR count). The molecule has 0 radical (unpaired) electrons. The van der Waals surface area contributed by atoms with Gasteiger partial charge in [0.1, 0.15) is 0 Å². The fraction of sp³-hybridized carbons (Fsp3) is 0.333. The van der Waals surface area contributed by atoms with Crippen LogP contribution in [0.1, 0.15) is 34.3 Å². The van der Waals surface area contributed by atoms with Gasteiger partial charge >= 0.3 is 0 Å². The number of halogens is 2. The van der Waals surface area contributed by atoms with Crippen molar-refractivity contribution in [3.63, 3.8) is 0 Å². The molecule has 0 spiro atoms. The van der Waals surface area contributed by atoms with E-state index in [0.717, 1.165) is 28.9 Å². The highest BCUT2D eigenvalue weighted by Crippen LogP contribution is 2.22. The van der Waals surface area contributed by atoms with E-state index in [1.165, 1.54) is 11.0 Å². The summed E-state index contributed by atoms with van der Waals surface area (Å²) in [6, 6.07) is 8.93. The Labute approximate surface area is 157 Å². The second-order valence-electron chi connectivity index (χ2n) is 7.08. The minimum atomic E-state index is -1.05. The Hall–Kier alpha value is -2.76. The van der Waals surface area contributed by atoms with Gasteiger partial charge in [-0.3, -0.25) is 9.59 Å². The van der Waals surface area contributed by atoms with Crippen LogP contribution < -0.4 is 5.32 Å². The number of aryl methyl sites for hydroxylation is 2. The van der Waals surface area contributed by atoms with Crippen molar-refractivity contribution < 1.29 is 18.4 Å². The summed E-state index contributed by atoms with van der Waals surface area (Å²) in [6.45, 7) is 4.68. The second kappa shape index (κ2) is 7.86. The molecular formula is C21H22F2N2O2. The highest BCUT2D eigenvalue weighted by molar-refractivity contribution is 5.96. The summed E-state index contributed by atoms with van der Waals surface area (Å²) in [4.78, 5) is 26.7. The van der Waals surface area contributed by atoms with Crippen molar-refractivity contribution in [2.45, 2.75) is 26.7 Å². The van der Waals surface area contributed by atoms with Gasteiger partial charge in [-0.05, 0) is 68.1 Å². The Kier molecular flexibility index (Phi) is 5.54. The van der Waals surface area contributed by atoms with E-state index in [0.29, 0.717) is 19.4 Å². The predicted molar refractivity (Wildman–Crippen MR) is 99.5 cm³/mol. The third-order valence-corrected chi connectivity index (χ3v) is 4.74. The average molecular weight is 372 g/mol. The second-order valence-corrected chi connectivity index (χ2v) is 7.08. The number of hydrogen-bond donors (Lipinski definition) is 1. The van der Waals surface area contributed by atoms with Crippen molar-refractivity contribution in [2.75, 3.05) is 18.4 Å². The van der Waals surface area contributed by atoms with E-state index in [4.69, 9.17) is 0 Å². The zero-order valence-corrected chi connectivity index (χ0v) is 15.4. The van der Waals surface area contributed by atoms with Gasteiger partial charge in [-0.2, -0.15) is 0 Å². The molecule has 0 aliphatic carbocycles. The van der Waals surface area contributed by atoms with Crippen LogP contribution >= 0.6 is 0 Å². The van der Waals surface area contributed by atoms with Crippen molar-refractivity contribution in [3.8, 4) is 0 Å². The van der Waals surface area contributed by atoms with Gasteiger partial charge in [0.05, 0.1) is 5.92 Å². The van der Waals surface area contributed by atoms with Crippen LogP contribution in [0.5, 0.6) is 0 Å². The molecule has 1 aliphatic heterocycles. The first kappa shape index (κ1) is 19.0. The molecule has 2 aromatic rings. The van der Waals surface area contributed by atoms with Crippen molar-refractivity contribution in [1.82, 2.24) is 4.90 Å². The molecule has 1 unspecified atom stereocenters. The van der Waals surface area contributed by atoms with E-state index in [9.17, 15) is 18.4 Å². The number of likely N-dealkylation sites (tertiary alicyclic amines) is 1. The fourth-order valence-electron chi connectivity index (χ4n) is 3.48. The molecule has 1 heterocycles. The Morgan fingerprint density at radius 3 is 2.41 bits per heavy atom. The van der Waals surface area contributed by atoms with Gasteiger partial charge in [-0.15, -0.1) is 0 Å². The van der Waals surface area contributed by atoms with Crippen molar-refractivity contribution in [2.24, 2.45) is 5.92 Å². The Balaban J connectivity index is 1.68. The number of piperidine rings is 1. The van der Waals surface area contributed by atoms with Crippen molar-refractivity contribution >= 4 is 17.5 Å². The molecule has 0 bridgehead atoms. The third kappa shape index (κ3) is 4.51. The molecule has 6 heteroatoms. The minimum Gasteiger partial charge on any atom is -0.338 e. The Bertz CT molecular complexity index is 862. The summed E-state index contributed by atoms with van der Waals surface area (Å²) in [7, 11) is 0. The Morgan fingerprint density at radius 1 is 1.04 bits per heavy atom. The summed E-state index contributed by atoms with van der Waals surface area (Å²) in [5, 5.41) is 2.92. The molecule has 1 aliphatic rings. The van der Waals surface area contributed by atoms with E-state index in [1.54, 1.807) is 0 Å². The van der Waals surface area contributed by atoms with Crippen molar-refractivity contribution in [1.29, 1.82) is 0 Å². The number of rotatable bonds is 3. The summed E-state index contributed by atoms with van der Waals surface area (Å²) in [6.07, 6.45) is 1.36. The number of nitrogens with one attached hydrogen (secondary N) is 1. The smallest absolute Gasteiger partial charge is 0.253 e. The van der Waals surface area contributed by atoms with Crippen LogP contribution in [0.4, 0.5) is 14.5 Å². The average Bonchev–Trinajstić information content (AvgIpc) is 2.62. The number of hydrogen-bond acceptors (Lipinski definition) is 2. The van der Waals surface area contributed by atoms with Crippen molar-refractivity contribution in [3.05, 3.63) is 64.7 Å². The summed E-state index contributed by atoms with van der Waals surface area (Å²) < 4.78 is 26.5. The predicted octanol–water partition coefficient (Wildman–Crippen LogP) is 4.07. The molecule has 1 N–H and O–H groups in total. The number of amides is 2. The van der Waals surface area contributed by atoms with Crippen LogP contribution in [0.2, 0.25) is 0 Å². The lowest BCUT2D eigenvalue weighted by atomic mass is 9.96. The van der Waals surface area contributed by atoms with Crippen LogP contribution in [0.25, 0.3) is 0 Å². The molecule has 2 aromatic carbocycles. The standard InChI is InChI=1S/C21H22F2N2O2/c1-13-8-14(2)10-17(9-13)24-20(26)16-4-3-7-25(12-16)21(27)15-5-6-18(22)19(23)11-15/h5-6,8-11,16H,3-4,7,12H2,1-2H3,(H,24,26). The maximum absolute atomic E-state index is 13.4. The van der Waals surface area contributed by atoms with Crippen LogP contribution in [0.3, 0.4) is 0 Å². The maximum atomic E-state index is 13.4. The van der Waals surface area contributed by atoms with Gasteiger partial charge in [0.15, 0.2) is 11.6 Å². The molecule has 1 fully saturated rings. The lowest BCUT2D eigenvalue weighted by Crippen LogP contribution is -2.43. The molecular weight excluding hydrogens is 350 g/mol. The molecule has 0 aromatic heterocycles. The quantitative estimate of drug-likeness (QED) is 0.883. The van der Waals surface area contributed by atoms with Gasteiger partial charge in [-0.1, -0.05) is 6.07 Å². The lowest BCUT2D eigenvalue weighted by molar-refractivity contribution is -0.121.